The van der Waals surface area contributed by atoms with Crippen molar-refractivity contribution in [3.63, 3.8) is 0 Å². The summed E-state index contributed by atoms with van der Waals surface area (Å²) in [5.74, 6) is 0.941. The van der Waals surface area contributed by atoms with Gasteiger partial charge in [-0.2, -0.15) is 0 Å². The average Bonchev–Trinajstić information content (AvgIpc) is 3.33. The summed E-state index contributed by atoms with van der Waals surface area (Å²) in [5, 5.41) is 0. The summed E-state index contributed by atoms with van der Waals surface area (Å²) >= 11 is 5.02. The number of hydrogen-bond donors (Lipinski definition) is 0. The van der Waals surface area contributed by atoms with E-state index in [1.807, 2.05) is 72.8 Å². The normalized spacial score (nSPS) is 10.7. The Morgan fingerprint density at radius 1 is 0.406 bits per heavy atom. The maximum atomic E-state index is 11.7. The molecule has 0 spiro atoms. The van der Waals surface area contributed by atoms with Gasteiger partial charge in [-0.05, 0) is 179 Å². The molecule has 8 heteroatoms. The highest BCUT2D eigenvalue weighted by atomic mass is 127. The lowest BCUT2D eigenvalue weighted by Gasteiger charge is -2.11. The summed E-state index contributed by atoms with van der Waals surface area (Å²) in [4.78, 5) is 45.4. The number of carbonyl (C=O) groups excluding carboxylic acids is 3. The van der Waals surface area contributed by atoms with Crippen LogP contribution < -0.4 is 21.2 Å². The maximum absolute atomic E-state index is 11.7. The lowest BCUT2D eigenvalue weighted by Crippen LogP contribution is -3.61. The van der Waals surface area contributed by atoms with Gasteiger partial charge in [0, 0.05) is 46.1 Å². The molecule has 0 saturated heterocycles. The molecule has 0 N–H and O–H groups in total. The Labute approximate surface area is 437 Å². The van der Waals surface area contributed by atoms with Crippen LogP contribution in [0.25, 0.3) is 0 Å². The van der Waals surface area contributed by atoms with E-state index in [2.05, 4.69) is 142 Å². The van der Waals surface area contributed by atoms with Crippen molar-refractivity contribution < 1.29 is 35.6 Å². The molecule has 3 nitrogen and oxygen atoms in total. The van der Waals surface area contributed by atoms with Crippen LogP contribution in [-0.2, 0) is 17.3 Å². The molecule has 0 saturated carbocycles. The Balaban J connectivity index is 0.000000374. The van der Waals surface area contributed by atoms with E-state index in [1.165, 1.54) is 39.4 Å². The van der Waals surface area contributed by atoms with Crippen LogP contribution in [0.1, 0.15) is 76.8 Å². The first-order chi connectivity index (χ1) is 32.3. The largest absolute Gasteiger partial charge is 0.358 e. The number of hydrogen-bond acceptors (Lipinski definition) is 6. The van der Waals surface area contributed by atoms with Crippen LogP contribution in [0.5, 0.6) is 0 Å². The zero-order chi connectivity index (χ0) is 47.3. The van der Waals surface area contributed by atoms with Gasteiger partial charge < -0.3 is 14.9 Å². The highest BCUT2D eigenvalue weighted by molar-refractivity contribution is 8.00. The smallest absolute Gasteiger partial charge is 0.357 e. The molecule has 8 rings (SSSR count). The molecule has 0 radical (unpaired) electrons. The molecular weight excluding hydrogens is 1040 g/mol. The van der Waals surface area contributed by atoms with Gasteiger partial charge in [-0.15, -0.1) is 0 Å². The minimum absolute atomic E-state index is 0. The Bertz CT molecular complexity index is 2630. The fourth-order valence-electron chi connectivity index (χ4n) is 6.90. The maximum Gasteiger partial charge on any atom is 0.357 e. The molecule has 0 bridgehead atoms. The van der Waals surface area contributed by atoms with E-state index >= 15 is 0 Å². The number of benzene rings is 8. The van der Waals surface area contributed by atoms with E-state index < -0.39 is 0 Å². The number of ketones is 3. The minimum Gasteiger partial charge on any atom is -0.358 e. The second-order valence-corrected chi connectivity index (χ2v) is 24.9. The third-order valence-electron chi connectivity index (χ3n) is 10.5. The minimum atomic E-state index is -0.344. The van der Waals surface area contributed by atoms with Crippen LogP contribution in [0.4, 0.5) is 0 Å². The zero-order valence-electron chi connectivity index (χ0n) is 40.5. The number of rotatable bonds is 16. The standard InChI is InChI=1S/C42H33O3S4.C17H20I.2CH3/c1-28(43)31-4-10-34(11-5-31)46-37-16-22-40(23-17-37)49(41-24-18-38(19-25-41)47-35-12-6-32(7-13-35)29(2)44)42-26-20-39(21-27-42)48-36-14-8-33(9-15-36)30(3)45;1-13(2)12-15-6-10-17(11-7-15)18-16-8-4-14(3)5-9-16;;/h4-27H,1-3H3;4-11,13H,12H2,1-3H3;2*1H3/q2*+1;2*-1. The van der Waals surface area contributed by atoms with E-state index in [9.17, 15) is 14.4 Å². The molecule has 69 heavy (non-hydrogen) atoms. The second kappa shape index (κ2) is 26.8. The van der Waals surface area contributed by atoms with Gasteiger partial charge >= 0.3 is 21.2 Å². The molecular formula is C61H59IO3S4. The summed E-state index contributed by atoms with van der Waals surface area (Å²) in [6, 6.07) is 67.7. The summed E-state index contributed by atoms with van der Waals surface area (Å²) in [5.41, 5.74) is 4.95. The Hall–Kier alpha value is -5.10. The highest BCUT2D eigenvalue weighted by Gasteiger charge is 2.29. The van der Waals surface area contributed by atoms with Crippen molar-refractivity contribution in [1.29, 1.82) is 0 Å². The van der Waals surface area contributed by atoms with Gasteiger partial charge in [0.2, 0.25) is 0 Å². The van der Waals surface area contributed by atoms with Crippen molar-refractivity contribution >= 4 is 63.5 Å². The molecule has 8 aromatic rings. The second-order valence-electron chi connectivity index (χ2n) is 16.4. The Morgan fingerprint density at radius 3 is 0.928 bits per heavy atom. The quantitative estimate of drug-likeness (QED) is 0.0416. The van der Waals surface area contributed by atoms with Gasteiger partial charge in [-0.3, -0.25) is 14.4 Å². The predicted molar refractivity (Wildman–Crippen MR) is 290 cm³/mol. The molecule has 0 unspecified atom stereocenters. The lowest BCUT2D eigenvalue weighted by molar-refractivity contribution is -0.597. The lowest BCUT2D eigenvalue weighted by atomic mass is 10.0. The zero-order valence-corrected chi connectivity index (χ0v) is 45.9. The van der Waals surface area contributed by atoms with Gasteiger partial charge in [0.05, 0.1) is 10.9 Å². The molecule has 0 fully saturated rings. The molecule has 0 amide bonds. The third kappa shape index (κ3) is 16.5. The molecule has 352 valence electrons. The number of halogens is 1. The summed E-state index contributed by atoms with van der Waals surface area (Å²) in [6.07, 6.45) is 1.18. The van der Waals surface area contributed by atoms with Crippen LogP contribution in [0, 0.1) is 34.8 Å². The first-order valence-corrected chi connectivity index (χ1v) is 27.9. The van der Waals surface area contributed by atoms with E-state index in [4.69, 9.17) is 0 Å². The molecule has 0 atom stereocenters. The van der Waals surface area contributed by atoms with Gasteiger partial charge in [-0.1, -0.05) is 115 Å². The number of carbonyl (C=O) groups is 3. The van der Waals surface area contributed by atoms with Crippen molar-refractivity contribution in [2.75, 3.05) is 0 Å². The highest BCUT2D eigenvalue weighted by Crippen LogP contribution is 2.37. The summed E-state index contributed by atoms with van der Waals surface area (Å²) in [6.45, 7) is 11.4. The van der Waals surface area contributed by atoms with E-state index in [1.54, 1.807) is 56.1 Å². The molecule has 0 heterocycles. The van der Waals surface area contributed by atoms with Gasteiger partial charge in [0.25, 0.3) is 0 Å². The predicted octanol–water partition coefficient (Wildman–Crippen LogP) is 14.1. The van der Waals surface area contributed by atoms with Crippen LogP contribution in [-0.4, -0.2) is 17.3 Å². The fourth-order valence-corrected chi connectivity index (χ4v) is 13.5. The number of aryl methyl sites for hydroxylation is 1. The Kier molecular flexibility index (Phi) is 21.3. The van der Waals surface area contributed by atoms with Crippen LogP contribution in [0.3, 0.4) is 0 Å². The van der Waals surface area contributed by atoms with Crippen molar-refractivity contribution in [1.82, 2.24) is 0 Å². The third-order valence-corrected chi connectivity index (χ3v) is 18.4. The Morgan fingerprint density at radius 2 is 0.667 bits per heavy atom. The first kappa shape index (κ1) is 54.8. The van der Waals surface area contributed by atoms with Crippen molar-refractivity contribution in [3.05, 3.63) is 244 Å². The summed E-state index contributed by atoms with van der Waals surface area (Å²) < 4.78 is 3.00. The molecule has 0 aliphatic carbocycles. The molecule has 0 aliphatic rings. The van der Waals surface area contributed by atoms with Crippen molar-refractivity contribution in [2.45, 2.75) is 92.0 Å². The van der Waals surface area contributed by atoms with E-state index in [0.717, 1.165) is 35.3 Å². The molecule has 0 aromatic heterocycles. The summed E-state index contributed by atoms with van der Waals surface area (Å²) in [7, 11) is -0.344. The van der Waals surface area contributed by atoms with Gasteiger partial charge in [0.1, 0.15) is 0 Å². The number of Topliss-reactive ketones (excluding diaryl/α,β-unsaturated/α-hetero) is 3. The van der Waals surface area contributed by atoms with Crippen molar-refractivity contribution in [3.8, 4) is 0 Å². The monoisotopic (exact) mass is 1090 g/mol. The van der Waals surface area contributed by atoms with Gasteiger partial charge in [-0.25, -0.2) is 0 Å². The van der Waals surface area contributed by atoms with Crippen molar-refractivity contribution in [2.24, 2.45) is 5.92 Å². The molecule has 0 aliphatic heterocycles. The van der Waals surface area contributed by atoms with E-state index in [0.29, 0.717) is 16.7 Å². The van der Waals surface area contributed by atoms with E-state index in [-0.39, 0.29) is 64.3 Å². The SMILES string of the molecule is CC(=O)c1ccc(Sc2ccc([S+](c3ccc(Sc4ccc(C(C)=O)cc4)cc3)c3ccc(Sc4ccc(C(C)=O)cc4)cc3)cc2)cc1.Cc1ccc([I+]c2ccc(CC(C)C)cc2)cc1.[CH3-].[CH3-]. The first-order valence-electron chi connectivity index (χ1n) is 22.1. The average molecular weight is 1100 g/mol. The fraction of sp³-hybridized carbons (Fsp3) is 0.131. The van der Waals surface area contributed by atoms with Crippen LogP contribution in [0.2, 0.25) is 0 Å². The van der Waals surface area contributed by atoms with Crippen LogP contribution >= 0.6 is 35.3 Å². The van der Waals surface area contributed by atoms with Gasteiger partial charge in [0.15, 0.2) is 39.2 Å². The topological polar surface area (TPSA) is 51.2 Å². The van der Waals surface area contributed by atoms with Crippen LogP contribution in [0.15, 0.2) is 238 Å². The molecule has 8 aromatic carbocycles.